The van der Waals surface area contributed by atoms with Gasteiger partial charge in [-0.2, -0.15) is 0 Å². The van der Waals surface area contributed by atoms with E-state index in [0.717, 1.165) is 6.07 Å². The Bertz CT molecular complexity index is 651. The van der Waals surface area contributed by atoms with Gasteiger partial charge < -0.3 is 4.74 Å². The smallest absolute Gasteiger partial charge is 0.329 e. The van der Waals surface area contributed by atoms with Gasteiger partial charge in [0.05, 0.1) is 9.40 Å². The van der Waals surface area contributed by atoms with Crippen LogP contribution in [0.4, 0.5) is 10.1 Å². The molecule has 98 valence electrons. The number of rotatable bonds is 3. The average Bonchev–Trinajstić information content (AvgIpc) is 2.33. The molecule has 7 heteroatoms. The largest absolute Gasteiger partial charge is 0.449 e. The number of hydrogen-bond acceptors (Lipinski definition) is 3. The second kappa shape index (κ2) is 5.54. The van der Waals surface area contributed by atoms with Crippen molar-refractivity contribution >= 4 is 33.2 Å². The number of ether oxygens (including phenoxy) is 1. The first kappa shape index (κ1) is 13.8. The summed E-state index contributed by atoms with van der Waals surface area (Å²) in [6.07, 6.45) is 0. The van der Waals surface area contributed by atoms with Crippen LogP contribution in [0, 0.1) is 15.9 Å². The molecule has 0 amide bonds. The number of nitro groups is 1. The van der Waals surface area contributed by atoms with Crippen LogP contribution in [0.5, 0.6) is 11.5 Å². The topological polar surface area (TPSA) is 52.4 Å². The quantitative estimate of drug-likeness (QED) is 0.584. The van der Waals surface area contributed by atoms with Crippen LogP contribution in [0.1, 0.15) is 0 Å². The zero-order valence-electron chi connectivity index (χ0n) is 9.27. The Morgan fingerprint density at radius 1 is 1.26 bits per heavy atom. The molecule has 0 heterocycles. The molecule has 0 radical (unpaired) electrons. The average molecular weight is 347 g/mol. The van der Waals surface area contributed by atoms with Gasteiger partial charge in [0.1, 0.15) is 16.6 Å². The minimum atomic E-state index is -0.648. The summed E-state index contributed by atoms with van der Waals surface area (Å²) < 4.78 is 19.0. The Balaban J connectivity index is 2.46. The summed E-state index contributed by atoms with van der Waals surface area (Å²) >= 11 is 8.93. The van der Waals surface area contributed by atoms with Crippen molar-refractivity contribution < 1.29 is 14.1 Å². The monoisotopic (exact) mass is 345 g/mol. The van der Waals surface area contributed by atoms with E-state index in [4.69, 9.17) is 16.3 Å². The van der Waals surface area contributed by atoms with Crippen molar-refractivity contribution in [2.45, 2.75) is 0 Å². The van der Waals surface area contributed by atoms with Gasteiger partial charge in [-0.05, 0) is 40.2 Å². The highest BCUT2D eigenvalue weighted by Crippen LogP contribution is 2.39. The van der Waals surface area contributed by atoms with E-state index in [1.807, 2.05) is 0 Å². The molecule has 0 bridgehead atoms. The molecular weight excluding hydrogens is 340 g/mol. The van der Waals surface area contributed by atoms with E-state index in [9.17, 15) is 14.5 Å². The fourth-order valence-electron chi connectivity index (χ4n) is 1.43. The first-order valence-corrected chi connectivity index (χ1v) is 6.22. The lowest BCUT2D eigenvalue weighted by atomic mass is 10.3. The van der Waals surface area contributed by atoms with Gasteiger partial charge >= 0.3 is 5.69 Å². The van der Waals surface area contributed by atoms with Gasteiger partial charge in [-0.1, -0.05) is 17.7 Å². The molecule has 0 fully saturated rings. The second-order valence-electron chi connectivity index (χ2n) is 3.52. The number of halogens is 3. The number of nitro benzene ring substituents is 1. The molecule has 0 aliphatic rings. The van der Waals surface area contributed by atoms with E-state index in [1.165, 1.54) is 30.3 Å². The third-order valence-electron chi connectivity index (χ3n) is 2.25. The highest BCUT2D eigenvalue weighted by molar-refractivity contribution is 9.10. The molecule has 4 nitrogen and oxygen atoms in total. The minimum absolute atomic E-state index is 0.0463. The van der Waals surface area contributed by atoms with Gasteiger partial charge in [0.25, 0.3) is 0 Å². The molecule has 0 saturated heterocycles. The molecule has 0 aliphatic heterocycles. The van der Waals surface area contributed by atoms with E-state index in [1.54, 1.807) is 0 Å². The standard InChI is InChI=1S/C12H6BrClFNO3/c13-8-5-4-7(15)6-11(8)19-10-3-1-2-9(14)12(10)16(17)18/h1-6H. The van der Waals surface area contributed by atoms with Crippen molar-refractivity contribution in [1.82, 2.24) is 0 Å². The third-order valence-corrected chi connectivity index (χ3v) is 3.21. The second-order valence-corrected chi connectivity index (χ2v) is 4.78. The summed E-state index contributed by atoms with van der Waals surface area (Å²) in [5.41, 5.74) is -0.361. The van der Waals surface area contributed by atoms with E-state index in [-0.39, 0.29) is 22.2 Å². The van der Waals surface area contributed by atoms with Gasteiger partial charge in [-0.3, -0.25) is 10.1 Å². The summed E-state index contributed by atoms with van der Waals surface area (Å²) in [7, 11) is 0. The van der Waals surface area contributed by atoms with Crippen LogP contribution in [-0.2, 0) is 0 Å². The number of benzene rings is 2. The molecule has 2 aromatic rings. The predicted molar refractivity (Wildman–Crippen MR) is 72.3 cm³/mol. The summed E-state index contributed by atoms with van der Waals surface area (Å²) in [4.78, 5) is 10.3. The number of para-hydroxylation sites is 1. The fraction of sp³-hybridized carbons (Fsp3) is 0. The summed E-state index contributed by atoms with van der Waals surface area (Å²) in [6, 6.07) is 8.09. The Hall–Kier alpha value is -1.66. The highest BCUT2D eigenvalue weighted by atomic mass is 79.9. The maximum absolute atomic E-state index is 13.1. The van der Waals surface area contributed by atoms with Crippen molar-refractivity contribution in [3.05, 3.63) is 61.8 Å². The molecule has 19 heavy (non-hydrogen) atoms. The van der Waals surface area contributed by atoms with E-state index >= 15 is 0 Å². The molecule has 2 rings (SSSR count). The third kappa shape index (κ3) is 3.02. The van der Waals surface area contributed by atoms with Crippen molar-refractivity contribution in [3.8, 4) is 11.5 Å². The van der Waals surface area contributed by atoms with E-state index in [0.29, 0.717) is 4.47 Å². The van der Waals surface area contributed by atoms with Crippen LogP contribution in [-0.4, -0.2) is 4.92 Å². The van der Waals surface area contributed by atoms with Gasteiger partial charge in [-0.15, -0.1) is 0 Å². The molecule has 0 aromatic heterocycles. The van der Waals surface area contributed by atoms with Gasteiger partial charge in [-0.25, -0.2) is 4.39 Å². The van der Waals surface area contributed by atoms with Crippen molar-refractivity contribution in [3.63, 3.8) is 0 Å². The van der Waals surface area contributed by atoms with Crippen molar-refractivity contribution in [1.29, 1.82) is 0 Å². The maximum Gasteiger partial charge on any atom is 0.329 e. The van der Waals surface area contributed by atoms with Crippen molar-refractivity contribution in [2.24, 2.45) is 0 Å². The van der Waals surface area contributed by atoms with Gasteiger partial charge in [0, 0.05) is 6.07 Å². The first-order chi connectivity index (χ1) is 8.99. The van der Waals surface area contributed by atoms with E-state index in [2.05, 4.69) is 15.9 Å². The van der Waals surface area contributed by atoms with Crippen molar-refractivity contribution in [2.75, 3.05) is 0 Å². The van der Waals surface area contributed by atoms with Crippen LogP contribution in [0.3, 0.4) is 0 Å². The van der Waals surface area contributed by atoms with Gasteiger partial charge in [0.15, 0.2) is 0 Å². The lowest BCUT2D eigenvalue weighted by Crippen LogP contribution is -1.95. The molecule has 0 aliphatic carbocycles. The number of hydrogen-bond donors (Lipinski definition) is 0. The maximum atomic E-state index is 13.1. The van der Waals surface area contributed by atoms with Crippen LogP contribution in [0.15, 0.2) is 40.9 Å². The van der Waals surface area contributed by atoms with Crippen LogP contribution >= 0.6 is 27.5 Å². The van der Waals surface area contributed by atoms with Gasteiger partial charge in [0.2, 0.25) is 5.75 Å². The predicted octanol–water partition coefficient (Wildman–Crippen LogP) is 4.94. The summed E-state index contributed by atoms with van der Waals surface area (Å²) in [6.45, 7) is 0. The first-order valence-electron chi connectivity index (χ1n) is 5.05. The minimum Gasteiger partial charge on any atom is -0.449 e. The number of nitrogens with zero attached hydrogens (tertiary/aromatic N) is 1. The SMILES string of the molecule is O=[N+]([O-])c1c(Cl)cccc1Oc1cc(F)ccc1Br. The van der Waals surface area contributed by atoms with Crippen LogP contribution in [0.25, 0.3) is 0 Å². The summed E-state index contributed by atoms with van der Waals surface area (Å²) in [5, 5.41) is 10.9. The lowest BCUT2D eigenvalue weighted by Gasteiger charge is -2.08. The molecule has 0 saturated carbocycles. The normalized spacial score (nSPS) is 10.3. The lowest BCUT2D eigenvalue weighted by molar-refractivity contribution is -0.385. The van der Waals surface area contributed by atoms with Crippen LogP contribution < -0.4 is 4.74 Å². The Kier molecular flexibility index (Phi) is 4.01. The Morgan fingerprint density at radius 3 is 2.68 bits per heavy atom. The molecule has 0 spiro atoms. The molecular formula is C12H6BrClFNO3. The fourth-order valence-corrected chi connectivity index (χ4v) is 1.99. The van der Waals surface area contributed by atoms with E-state index < -0.39 is 10.7 Å². The summed E-state index contributed by atoms with van der Waals surface area (Å²) in [5.74, 6) is -0.433. The Labute approximate surface area is 121 Å². The zero-order valence-corrected chi connectivity index (χ0v) is 11.6. The molecule has 0 N–H and O–H groups in total. The molecule has 2 aromatic carbocycles. The van der Waals surface area contributed by atoms with Crippen LogP contribution in [0.2, 0.25) is 5.02 Å². The molecule has 0 unspecified atom stereocenters. The molecule has 0 atom stereocenters. The highest BCUT2D eigenvalue weighted by Gasteiger charge is 2.21. The Morgan fingerprint density at radius 2 is 2.00 bits per heavy atom. The zero-order chi connectivity index (χ0) is 14.0.